The smallest absolute Gasteiger partial charge is 0.254 e. The molecule has 0 unspecified atom stereocenters. The maximum atomic E-state index is 12.9. The van der Waals surface area contributed by atoms with E-state index in [4.69, 9.17) is 5.73 Å². The molecule has 0 atom stereocenters. The fraction of sp³-hybridized carbons (Fsp3) is 0.500. The molecule has 0 bridgehead atoms. The van der Waals surface area contributed by atoms with Gasteiger partial charge in [-0.25, -0.2) is 0 Å². The van der Waals surface area contributed by atoms with Crippen molar-refractivity contribution in [2.45, 2.75) is 32.7 Å². The molecule has 1 aliphatic rings. The van der Waals surface area contributed by atoms with Crippen molar-refractivity contribution < 1.29 is 9.59 Å². The highest BCUT2D eigenvalue weighted by molar-refractivity contribution is 5.98. The maximum Gasteiger partial charge on any atom is 0.254 e. The lowest BCUT2D eigenvalue weighted by Gasteiger charge is -2.34. The van der Waals surface area contributed by atoms with Crippen LogP contribution in [-0.4, -0.2) is 42.4 Å². The SMILES string of the molecule is Cc1cccc(C(=O)N(CC(N)=O)C2CCNCC2)c1C. The van der Waals surface area contributed by atoms with Crippen LogP contribution in [-0.2, 0) is 4.79 Å². The lowest BCUT2D eigenvalue weighted by atomic mass is 9.99. The van der Waals surface area contributed by atoms with Gasteiger partial charge in [0.25, 0.3) is 5.91 Å². The molecular formula is C16H23N3O2. The Hall–Kier alpha value is -1.88. The first-order valence-electron chi connectivity index (χ1n) is 7.37. The Labute approximate surface area is 125 Å². The summed E-state index contributed by atoms with van der Waals surface area (Å²) in [6.45, 7) is 5.62. The number of rotatable bonds is 4. The number of amides is 2. The summed E-state index contributed by atoms with van der Waals surface area (Å²) in [7, 11) is 0. The second kappa shape index (κ2) is 6.72. The van der Waals surface area contributed by atoms with Gasteiger partial charge in [-0.1, -0.05) is 12.1 Å². The first-order chi connectivity index (χ1) is 10.0. The second-order valence-corrected chi connectivity index (χ2v) is 5.63. The van der Waals surface area contributed by atoms with E-state index >= 15 is 0 Å². The Bertz CT molecular complexity index is 536. The molecule has 5 nitrogen and oxygen atoms in total. The summed E-state index contributed by atoms with van der Waals surface area (Å²) in [6, 6.07) is 5.75. The maximum absolute atomic E-state index is 12.9. The Morgan fingerprint density at radius 3 is 2.57 bits per heavy atom. The molecule has 21 heavy (non-hydrogen) atoms. The molecule has 0 aliphatic carbocycles. The highest BCUT2D eigenvalue weighted by atomic mass is 16.2. The van der Waals surface area contributed by atoms with Crippen LogP contribution >= 0.6 is 0 Å². The molecule has 0 saturated carbocycles. The fourth-order valence-electron chi connectivity index (χ4n) is 2.79. The summed E-state index contributed by atoms with van der Waals surface area (Å²) >= 11 is 0. The van der Waals surface area contributed by atoms with Crippen LogP contribution in [0, 0.1) is 13.8 Å². The standard InChI is InChI=1S/C16H23N3O2/c1-11-4-3-5-14(12(11)2)16(21)19(10-15(17)20)13-6-8-18-9-7-13/h3-5,13,18H,6-10H2,1-2H3,(H2,17,20). The quantitative estimate of drug-likeness (QED) is 0.867. The minimum absolute atomic E-state index is 0.0170. The summed E-state index contributed by atoms with van der Waals surface area (Å²) in [5.41, 5.74) is 8.04. The molecule has 0 aromatic heterocycles. The van der Waals surface area contributed by atoms with E-state index in [0.29, 0.717) is 5.56 Å². The highest BCUT2D eigenvalue weighted by Crippen LogP contribution is 2.19. The number of hydrogen-bond acceptors (Lipinski definition) is 3. The summed E-state index contributed by atoms with van der Waals surface area (Å²) < 4.78 is 0. The number of nitrogens with zero attached hydrogens (tertiary/aromatic N) is 1. The Morgan fingerprint density at radius 1 is 1.29 bits per heavy atom. The Balaban J connectivity index is 2.28. The van der Waals surface area contributed by atoms with Crippen molar-refractivity contribution in [2.24, 2.45) is 5.73 Å². The predicted molar refractivity (Wildman–Crippen MR) is 82.0 cm³/mol. The van der Waals surface area contributed by atoms with E-state index in [2.05, 4.69) is 5.32 Å². The number of nitrogens with one attached hydrogen (secondary N) is 1. The number of aryl methyl sites for hydroxylation is 1. The highest BCUT2D eigenvalue weighted by Gasteiger charge is 2.28. The van der Waals surface area contributed by atoms with Crippen LogP contribution in [0.1, 0.15) is 34.3 Å². The molecule has 2 amide bonds. The van der Waals surface area contributed by atoms with Crippen molar-refractivity contribution in [3.8, 4) is 0 Å². The minimum Gasteiger partial charge on any atom is -0.368 e. The van der Waals surface area contributed by atoms with E-state index in [1.807, 2.05) is 32.0 Å². The van der Waals surface area contributed by atoms with E-state index in [1.54, 1.807) is 4.90 Å². The van der Waals surface area contributed by atoms with E-state index in [0.717, 1.165) is 37.1 Å². The van der Waals surface area contributed by atoms with E-state index in [-0.39, 0.29) is 18.5 Å². The van der Waals surface area contributed by atoms with E-state index in [1.165, 1.54) is 0 Å². The van der Waals surface area contributed by atoms with Crippen LogP contribution in [0.5, 0.6) is 0 Å². The topological polar surface area (TPSA) is 75.4 Å². The average Bonchev–Trinajstić information content (AvgIpc) is 2.48. The number of nitrogens with two attached hydrogens (primary N) is 1. The van der Waals surface area contributed by atoms with Gasteiger partial charge in [-0.3, -0.25) is 9.59 Å². The number of carbonyl (C=O) groups excluding carboxylic acids is 2. The normalized spacial score (nSPS) is 15.7. The zero-order valence-electron chi connectivity index (χ0n) is 12.7. The fourth-order valence-corrected chi connectivity index (χ4v) is 2.79. The molecule has 1 heterocycles. The number of benzene rings is 1. The van der Waals surface area contributed by atoms with Gasteiger partial charge in [-0.05, 0) is 57.0 Å². The summed E-state index contributed by atoms with van der Waals surface area (Å²) in [4.78, 5) is 25.8. The Morgan fingerprint density at radius 2 is 1.95 bits per heavy atom. The van der Waals surface area contributed by atoms with Gasteiger partial charge in [0.15, 0.2) is 0 Å². The van der Waals surface area contributed by atoms with Gasteiger partial charge in [0.2, 0.25) is 5.91 Å². The zero-order valence-corrected chi connectivity index (χ0v) is 12.7. The summed E-state index contributed by atoms with van der Waals surface area (Å²) in [6.07, 6.45) is 1.70. The molecule has 1 fully saturated rings. The molecule has 0 spiro atoms. The lowest BCUT2D eigenvalue weighted by Crippen LogP contribution is -2.49. The molecule has 1 aromatic rings. The second-order valence-electron chi connectivity index (χ2n) is 5.63. The molecule has 5 heteroatoms. The molecule has 1 saturated heterocycles. The van der Waals surface area contributed by atoms with Crippen molar-refractivity contribution >= 4 is 11.8 Å². The van der Waals surface area contributed by atoms with Gasteiger partial charge in [0.05, 0.1) is 6.54 Å². The third-order valence-corrected chi connectivity index (χ3v) is 4.17. The minimum atomic E-state index is -0.466. The van der Waals surface area contributed by atoms with Gasteiger partial charge < -0.3 is 16.0 Å². The van der Waals surface area contributed by atoms with Gasteiger partial charge in [-0.15, -0.1) is 0 Å². The van der Waals surface area contributed by atoms with Crippen LogP contribution in [0.15, 0.2) is 18.2 Å². The molecule has 3 N–H and O–H groups in total. The van der Waals surface area contributed by atoms with Crippen LogP contribution in [0.2, 0.25) is 0 Å². The van der Waals surface area contributed by atoms with Crippen molar-refractivity contribution in [1.29, 1.82) is 0 Å². The van der Waals surface area contributed by atoms with Crippen molar-refractivity contribution in [1.82, 2.24) is 10.2 Å². The number of carbonyl (C=O) groups is 2. The summed E-state index contributed by atoms with van der Waals surface area (Å²) in [5.74, 6) is -0.561. The summed E-state index contributed by atoms with van der Waals surface area (Å²) in [5, 5.41) is 3.27. The third kappa shape index (κ3) is 3.61. The predicted octanol–water partition coefficient (Wildman–Crippen LogP) is 0.983. The molecule has 0 radical (unpaired) electrons. The zero-order chi connectivity index (χ0) is 15.4. The Kier molecular flexibility index (Phi) is 4.96. The van der Waals surface area contributed by atoms with Crippen molar-refractivity contribution in [2.75, 3.05) is 19.6 Å². The van der Waals surface area contributed by atoms with Gasteiger partial charge >= 0.3 is 0 Å². The first-order valence-corrected chi connectivity index (χ1v) is 7.37. The number of piperidine rings is 1. The van der Waals surface area contributed by atoms with Crippen molar-refractivity contribution in [3.63, 3.8) is 0 Å². The molecular weight excluding hydrogens is 266 g/mol. The van der Waals surface area contributed by atoms with Gasteiger partial charge in [0, 0.05) is 11.6 Å². The van der Waals surface area contributed by atoms with E-state index < -0.39 is 5.91 Å². The number of hydrogen-bond donors (Lipinski definition) is 2. The molecule has 2 rings (SSSR count). The van der Waals surface area contributed by atoms with Gasteiger partial charge in [0.1, 0.15) is 0 Å². The van der Waals surface area contributed by atoms with Crippen LogP contribution < -0.4 is 11.1 Å². The van der Waals surface area contributed by atoms with Crippen molar-refractivity contribution in [3.05, 3.63) is 34.9 Å². The first kappa shape index (κ1) is 15.5. The number of primary amides is 1. The monoisotopic (exact) mass is 289 g/mol. The molecule has 1 aromatic carbocycles. The van der Waals surface area contributed by atoms with Gasteiger partial charge in [-0.2, -0.15) is 0 Å². The average molecular weight is 289 g/mol. The van der Waals surface area contributed by atoms with E-state index in [9.17, 15) is 9.59 Å². The third-order valence-electron chi connectivity index (χ3n) is 4.17. The van der Waals surface area contributed by atoms with Crippen LogP contribution in [0.3, 0.4) is 0 Å². The molecule has 114 valence electrons. The lowest BCUT2D eigenvalue weighted by molar-refractivity contribution is -0.119. The molecule has 1 aliphatic heterocycles. The van der Waals surface area contributed by atoms with Crippen LogP contribution in [0.25, 0.3) is 0 Å². The largest absolute Gasteiger partial charge is 0.368 e. The van der Waals surface area contributed by atoms with Crippen LogP contribution in [0.4, 0.5) is 0 Å².